The summed E-state index contributed by atoms with van der Waals surface area (Å²) in [5.74, 6) is 1.87. The van der Waals surface area contributed by atoms with Crippen LogP contribution >= 0.6 is 0 Å². The van der Waals surface area contributed by atoms with Crippen LogP contribution < -0.4 is 20.1 Å². The number of amides is 2. The number of hydrogen-bond donors (Lipinski definition) is 2. The number of aryl methyl sites for hydroxylation is 2. The molecule has 0 saturated carbocycles. The number of urea groups is 1. The van der Waals surface area contributed by atoms with E-state index in [0.29, 0.717) is 19.8 Å². The van der Waals surface area contributed by atoms with Crippen LogP contribution in [-0.2, 0) is 25.8 Å². The van der Waals surface area contributed by atoms with E-state index in [9.17, 15) is 4.79 Å². The van der Waals surface area contributed by atoms with Crippen molar-refractivity contribution in [1.29, 1.82) is 0 Å². The Labute approximate surface area is 153 Å². The van der Waals surface area contributed by atoms with Crippen LogP contribution in [0.1, 0.15) is 34.7 Å². The van der Waals surface area contributed by atoms with Crippen LogP contribution in [0, 0.1) is 6.92 Å². The molecule has 0 radical (unpaired) electrons. The van der Waals surface area contributed by atoms with Crippen molar-refractivity contribution in [3.05, 3.63) is 52.1 Å². The van der Waals surface area contributed by atoms with E-state index < -0.39 is 0 Å². The molecule has 2 aromatic carbocycles. The van der Waals surface area contributed by atoms with Crippen LogP contribution in [0.25, 0.3) is 0 Å². The quantitative estimate of drug-likeness (QED) is 0.881. The maximum absolute atomic E-state index is 12.5. The molecule has 2 heterocycles. The Morgan fingerprint density at radius 3 is 2.88 bits per heavy atom. The lowest BCUT2D eigenvalue weighted by Crippen LogP contribution is -2.29. The zero-order chi connectivity index (χ0) is 18.1. The fraction of sp³-hybridized carbons (Fsp3) is 0.381. The van der Waals surface area contributed by atoms with E-state index in [4.69, 9.17) is 9.47 Å². The largest absolute Gasteiger partial charge is 0.493 e. The maximum Gasteiger partial charge on any atom is 0.319 e. The second-order valence-electron chi connectivity index (χ2n) is 6.79. The molecule has 0 aliphatic carbocycles. The highest BCUT2D eigenvalue weighted by Crippen LogP contribution is 2.40. The molecule has 2 aliphatic rings. The number of carbonyl (C=O) groups excluding carboxylic acids is 1. The number of fused-ring (bicyclic) bond motifs is 2. The van der Waals surface area contributed by atoms with Gasteiger partial charge >= 0.3 is 6.03 Å². The van der Waals surface area contributed by atoms with Gasteiger partial charge in [-0.1, -0.05) is 25.1 Å². The molecule has 2 aromatic rings. The molecular weight excluding hydrogens is 328 g/mol. The minimum atomic E-state index is -0.197. The highest BCUT2D eigenvalue weighted by molar-refractivity contribution is 5.91. The van der Waals surface area contributed by atoms with Crippen molar-refractivity contribution in [2.75, 3.05) is 18.5 Å². The first-order chi connectivity index (χ1) is 12.7. The van der Waals surface area contributed by atoms with Crippen molar-refractivity contribution in [1.82, 2.24) is 5.32 Å². The Hall–Kier alpha value is -2.69. The van der Waals surface area contributed by atoms with Gasteiger partial charge in [-0.05, 0) is 30.5 Å². The van der Waals surface area contributed by atoms with Crippen molar-refractivity contribution < 1.29 is 14.3 Å². The predicted octanol–water partition coefficient (Wildman–Crippen LogP) is 3.75. The van der Waals surface area contributed by atoms with Crippen LogP contribution in [0.2, 0.25) is 0 Å². The highest BCUT2D eigenvalue weighted by Gasteiger charge is 2.26. The maximum atomic E-state index is 12.5. The number of anilines is 1. The van der Waals surface area contributed by atoms with Gasteiger partial charge in [0, 0.05) is 41.8 Å². The Morgan fingerprint density at radius 2 is 2.04 bits per heavy atom. The number of para-hydroxylation sites is 1. The zero-order valence-corrected chi connectivity index (χ0v) is 15.3. The number of carbonyl (C=O) groups is 1. The van der Waals surface area contributed by atoms with Crippen molar-refractivity contribution >= 4 is 11.7 Å². The van der Waals surface area contributed by atoms with E-state index in [1.165, 1.54) is 5.56 Å². The summed E-state index contributed by atoms with van der Waals surface area (Å²) in [5, 5.41) is 6.01. The van der Waals surface area contributed by atoms with Crippen molar-refractivity contribution in [3.63, 3.8) is 0 Å². The van der Waals surface area contributed by atoms with E-state index in [2.05, 4.69) is 23.6 Å². The summed E-state index contributed by atoms with van der Waals surface area (Å²) in [5.41, 5.74) is 6.50. The number of hydrogen-bond acceptors (Lipinski definition) is 3. The van der Waals surface area contributed by atoms with Gasteiger partial charge in [-0.15, -0.1) is 0 Å². The molecule has 0 fully saturated rings. The van der Waals surface area contributed by atoms with Crippen molar-refractivity contribution in [2.45, 2.75) is 39.7 Å². The first kappa shape index (κ1) is 16.8. The third kappa shape index (κ3) is 2.98. The summed E-state index contributed by atoms with van der Waals surface area (Å²) >= 11 is 0. The van der Waals surface area contributed by atoms with Gasteiger partial charge in [-0.25, -0.2) is 4.79 Å². The lowest BCUT2D eigenvalue weighted by molar-refractivity contribution is 0.251. The number of nitrogens with one attached hydrogen (secondary N) is 2. The summed E-state index contributed by atoms with van der Waals surface area (Å²) < 4.78 is 11.6. The van der Waals surface area contributed by atoms with Gasteiger partial charge in [0.2, 0.25) is 0 Å². The molecule has 4 rings (SSSR count). The summed E-state index contributed by atoms with van der Waals surface area (Å²) in [4.78, 5) is 12.5. The lowest BCUT2D eigenvalue weighted by atomic mass is 9.99. The van der Waals surface area contributed by atoms with Gasteiger partial charge in [0.15, 0.2) is 0 Å². The van der Waals surface area contributed by atoms with Gasteiger partial charge < -0.3 is 20.1 Å². The van der Waals surface area contributed by atoms with Crippen LogP contribution in [-0.4, -0.2) is 19.2 Å². The van der Waals surface area contributed by atoms with Crippen LogP contribution in [0.5, 0.6) is 11.5 Å². The summed E-state index contributed by atoms with van der Waals surface area (Å²) in [7, 11) is 0. The molecule has 0 saturated heterocycles. The normalized spacial score (nSPS) is 14.2. The summed E-state index contributed by atoms with van der Waals surface area (Å²) in [6, 6.07) is 7.97. The number of benzene rings is 2. The fourth-order valence-corrected chi connectivity index (χ4v) is 3.80. The molecule has 5 nitrogen and oxygen atoms in total. The molecule has 0 spiro atoms. The number of ether oxygens (including phenoxy) is 2. The van der Waals surface area contributed by atoms with Crippen LogP contribution in [0.4, 0.5) is 10.5 Å². The van der Waals surface area contributed by atoms with Crippen LogP contribution in [0.15, 0.2) is 24.3 Å². The second-order valence-corrected chi connectivity index (χ2v) is 6.79. The molecule has 136 valence electrons. The van der Waals surface area contributed by atoms with E-state index in [1.54, 1.807) is 0 Å². The molecule has 0 bridgehead atoms. The topological polar surface area (TPSA) is 59.6 Å². The highest BCUT2D eigenvalue weighted by atomic mass is 16.5. The van der Waals surface area contributed by atoms with Crippen molar-refractivity contribution in [2.24, 2.45) is 0 Å². The molecule has 0 unspecified atom stereocenters. The fourth-order valence-electron chi connectivity index (χ4n) is 3.80. The molecule has 2 N–H and O–H groups in total. The monoisotopic (exact) mass is 352 g/mol. The van der Waals surface area contributed by atoms with Gasteiger partial charge in [0.1, 0.15) is 11.5 Å². The average molecular weight is 352 g/mol. The molecule has 0 atom stereocenters. The molecule has 2 amide bonds. The Bertz CT molecular complexity index is 829. The minimum absolute atomic E-state index is 0.197. The van der Waals surface area contributed by atoms with Gasteiger partial charge in [0.25, 0.3) is 0 Å². The minimum Gasteiger partial charge on any atom is -0.493 e. The van der Waals surface area contributed by atoms with Crippen LogP contribution in [0.3, 0.4) is 0 Å². The molecule has 5 heteroatoms. The zero-order valence-electron chi connectivity index (χ0n) is 15.3. The first-order valence-electron chi connectivity index (χ1n) is 9.24. The Balaban J connectivity index is 1.51. The summed E-state index contributed by atoms with van der Waals surface area (Å²) in [6.45, 7) is 5.93. The lowest BCUT2D eigenvalue weighted by Gasteiger charge is -2.16. The third-order valence-electron chi connectivity index (χ3n) is 5.16. The Kier molecular flexibility index (Phi) is 4.45. The predicted molar refractivity (Wildman–Crippen MR) is 101 cm³/mol. The Morgan fingerprint density at radius 1 is 1.19 bits per heavy atom. The van der Waals surface area contributed by atoms with E-state index in [0.717, 1.165) is 58.7 Å². The van der Waals surface area contributed by atoms with Gasteiger partial charge in [-0.2, -0.15) is 0 Å². The SMILES string of the molecule is CCc1cccc(C)c1NC(=O)NCc1c2c(cc3c1OCC3)OCC2. The van der Waals surface area contributed by atoms with Gasteiger partial charge in [-0.3, -0.25) is 0 Å². The van der Waals surface area contributed by atoms with Crippen molar-refractivity contribution in [3.8, 4) is 11.5 Å². The number of rotatable bonds is 4. The third-order valence-corrected chi connectivity index (χ3v) is 5.16. The van der Waals surface area contributed by atoms with E-state index in [-0.39, 0.29) is 6.03 Å². The molecular formula is C21H24N2O3. The standard InChI is InChI=1S/C21H24N2O3/c1-3-14-6-4-5-13(2)19(14)23-21(24)22-12-17-16-8-10-25-18(16)11-15-7-9-26-20(15)17/h4-6,11H,3,7-10,12H2,1-2H3,(H2,22,23,24). The molecule has 26 heavy (non-hydrogen) atoms. The van der Waals surface area contributed by atoms with E-state index >= 15 is 0 Å². The second kappa shape index (κ2) is 6.90. The first-order valence-corrected chi connectivity index (χ1v) is 9.24. The average Bonchev–Trinajstić information content (AvgIpc) is 3.29. The molecule has 2 aliphatic heterocycles. The smallest absolute Gasteiger partial charge is 0.319 e. The van der Waals surface area contributed by atoms with Gasteiger partial charge in [0.05, 0.1) is 13.2 Å². The molecule has 0 aromatic heterocycles. The summed E-state index contributed by atoms with van der Waals surface area (Å²) in [6.07, 6.45) is 2.64. The van der Waals surface area contributed by atoms with E-state index in [1.807, 2.05) is 25.1 Å².